The molecular formula is C12H11ClN2O2. The summed E-state index contributed by atoms with van der Waals surface area (Å²) in [7, 11) is 0. The molecule has 0 aliphatic rings. The minimum atomic E-state index is -0.389. The van der Waals surface area contributed by atoms with Crippen LogP contribution in [0.3, 0.4) is 0 Å². The van der Waals surface area contributed by atoms with Gasteiger partial charge in [0.15, 0.2) is 5.69 Å². The van der Waals surface area contributed by atoms with E-state index in [1.54, 1.807) is 43.5 Å². The molecular weight excluding hydrogens is 240 g/mol. The van der Waals surface area contributed by atoms with Crippen molar-refractivity contribution < 1.29 is 9.53 Å². The van der Waals surface area contributed by atoms with Crippen LogP contribution in [0.2, 0.25) is 5.02 Å². The van der Waals surface area contributed by atoms with E-state index in [1.807, 2.05) is 0 Å². The average Bonchev–Trinajstić information content (AvgIpc) is 2.79. The monoisotopic (exact) mass is 250 g/mol. The fourth-order valence-electron chi connectivity index (χ4n) is 1.45. The Morgan fingerprint density at radius 3 is 2.71 bits per heavy atom. The number of esters is 1. The molecule has 2 aromatic rings. The number of carbonyl (C=O) groups excluding carboxylic acids is 1. The number of nitrogens with zero attached hydrogens (tertiary/aromatic N) is 2. The Labute approximate surface area is 104 Å². The summed E-state index contributed by atoms with van der Waals surface area (Å²) < 4.78 is 6.47. The maximum absolute atomic E-state index is 11.7. The lowest BCUT2D eigenvalue weighted by molar-refractivity contribution is 0.0516. The molecule has 0 fully saturated rings. The molecule has 88 valence electrons. The summed E-state index contributed by atoms with van der Waals surface area (Å²) in [6.45, 7) is 2.10. The molecule has 4 nitrogen and oxygen atoms in total. The Bertz CT molecular complexity index is 520. The Hall–Kier alpha value is -1.81. The topological polar surface area (TPSA) is 44.1 Å². The third-order valence-electron chi connectivity index (χ3n) is 2.20. The maximum atomic E-state index is 11.7. The van der Waals surface area contributed by atoms with Crippen LogP contribution in [-0.2, 0) is 4.74 Å². The van der Waals surface area contributed by atoms with Gasteiger partial charge in [0.25, 0.3) is 0 Å². The molecule has 0 N–H and O–H groups in total. The third kappa shape index (κ3) is 2.47. The Morgan fingerprint density at radius 1 is 1.35 bits per heavy atom. The van der Waals surface area contributed by atoms with Gasteiger partial charge in [-0.25, -0.2) is 9.48 Å². The van der Waals surface area contributed by atoms with Crippen LogP contribution in [0.15, 0.2) is 36.5 Å². The van der Waals surface area contributed by atoms with Crippen LogP contribution in [0, 0.1) is 0 Å². The van der Waals surface area contributed by atoms with Gasteiger partial charge in [-0.1, -0.05) is 11.6 Å². The zero-order valence-electron chi connectivity index (χ0n) is 9.26. The van der Waals surface area contributed by atoms with Gasteiger partial charge in [-0.15, -0.1) is 0 Å². The molecule has 0 saturated carbocycles. The molecule has 0 aliphatic carbocycles. The second-order valence-electron chi connectivity index (χ2n) is 3.33. The highest BCUT2D eigenvalue weighted by atomic mass is 35.5. The first-order valence-corrected chi connectivity index (χ1v) is 5.57. The van der Waals surface area contributed by atoms with Crippen molar-refractivity contribution in [3.63, 3.8) is 0 Å². The summed E-state index contributed by atoms with van der Waals surface area (Å²) >= 11 is 5.80. The minimum Gasteiger partial charge on any atom is -0.461 e. The molecule has 0 atom stereocenters. The smallest absolute Gasteiger partial charge is 0.357 e. The van der Waals surface area contributed by atoms with Crippen LogP contribution in [0.25, 0.3) is 5.69 Å². The summed E-state index contributed by atoms with van der Waals surface area (Å²) in [4.78, 5) is 11.7. The third-order valence-corrected chi connectivity index (χ3v) is 2.45. The molecule has 0 bridgehead atoms. The van der Waals surface area contributed by atoms with Gasteiger partial charge in [0.05, 0.1) is 18.5 Å². The molecule has 17 heavy (non-hydrogen) atoms. The van der Waals surface area contributed by atoms with Gasteiger partial charge in [-0.2, -0.15) is 5.10 Å². The van der Waals surface area contributed by atoms with Gasteiger partial charge in [0, 0.05) is 5.02 Å². The normalized spacial score (nSPS) is 10.2. The molecule has 0 aliphatic heterocycles. The fraction of sp³-hybridized carbons (Fsp3) is 0.167. The van der Waals surface area contributed by atoms with Crippen LogP contribution in [-0.4, -0.2) is 22.4 Å². The van der Waals surface area contributed by atoms with Gasteiger partial charge in [0.2, 0.25) is 0 Å². The Morgan fingerprint density at radius 2 is 2.06 bits per heavy atom. The van der Waals surface area contributed by atoms with Crippen molar-refractivity contribution in [3.05, 3.63) is 47.2 Å². The van der Waals surface area contributed by atoms with Crippen LogP contribution >= 0.6 is 11.6 Å². The lowest BCUT2D eigenvalue weighted by Crippen LogP contribution is -2.11. The van der Waals surface area contributed by atoms with Crippen LogP contribution in [0.1, 0.15) is 17.4 Å². The predicted octanol–water partition coefficient (Wildman–Crippen LogP) is 2.70. The fourth-order valence-corrected chi connectivity index (χ4v) is 1.58. The van der Waals surface area contributed by atoms with Crippen molar-refractivity contribution in [1.29, 1.82) is 0 Å². The van der Waals surface area contributed by atoms with Crippen molar-refractivity contribution in [3.8, 4) is 5.69 Å². The summed E-state index contributed by atoms with van der Waals surface area (Å²) in [6, 6.07) is 8.68. The van der Waals surface area contributed by atoms with Gasteiger partial charge < -0.3 is 4.74 Å². The maximum Gasteiger partial charge on any atom is 0.357 e. The highest BCUT2D eigenvalue weighted by Gasteiger charge is 2.13. The molecule has 0 unspecified atom stereocenters. The molecule has 0 radical (unpaired) electrons. The van der Waals surface area contributed by atoms with Gasteiger partial charge in [-0.05, 0) is 37.3 Å². The van der Waals surface area contributed by atoms with E-state index in [2.05, 4.69) is 5.10 Å². The van der Waals surface area contributed by atoms with E-state index in [-0.39, 0.29) is 5.97 Å². The standard InChI is InChI=1S/C12H11ClN2O2/c1-2-17-12(16)11-7-8-14-15(11)10-5-3-9(13)4-6-10/h3-8H,2H2,1H3. The summed E-state index contributed by atoms with van der Waals surface area (Å²) in [5.74, 6) is -0.389. The van der Waals surface area contributed by atoms with Crippen molar-refractivity contribution >= 4 is 17.6 Å². The average molecular weight is 251 g/mol. The highest BCUT2D eigenvalue weighted by molar-refractivity contribution is 6.30. The van der Waals surface area contributed by atoms with Gasteiger partial charge in [0.1, 0.15) is 0 Å². The number of hydrogen-bond acceptors (Lipinski definition) is 3. The predicted molar refractivity (Wildman–Crippen MR) is 64.5 cm³/mol. The molecule has 0 spiro atoms. The molecule has 0 amide bonds. The van der Waals surface area contributed by atoms with E-state index in [1.165, 1.54) is 4.68 Å². The number of hydrogen-bond donors (Lipinski definition) is 0. The Balaban J connectivity index is 2.36. The van der Waals surface area contributed by atoms with Crippen LogP contribution in [0.5, 0.6) is 0 Å². The number of carbonyl (C=O) groups is 1. The summed E-state index contributed by atoms with van der Waals surface area (Å²) in [5, 5.41) is 4.73. The number of aromatic nitrogens is 2. The highest BCUT2D eigenvalue weighted by Crippen LogP contribution is 2.15. The van der Waals surface area contributed by atoms with Crippen molar-refractivity contribution in [1.82, 2.24) is 9.78 Å². The SMILES string of the molecule is CCOC(=O)c1ccnn1-c1ccc(Cl)cc1. The van der Waals surface area contributed by atoms with Crippen LogP contribution < -0.4 is 0 Å². The van der Waals surface area contributed by atoms with E-state index in [9.17, 15) is 4.79 Å². The van der Waals surface area contributed by atoms with Crippen LogP contribution in [0.4, 0.5) is 0 Å². The quantitative estimate of drug-likeness (QED) is 0.787. The van der Waals surface area contributed by atoms with E-state index < -0.39 is 0 Å². The molecule has 5 heteroatoms. The number of halogens is 1. The zero-order valence-corrected chi connectivity index (χ0v) is 10.0. The first-order valence-electron chi connectivity index (χ1n) is 5.19. The lowest BCUT2D eigenvalue weighted by Gasteiger charge is -2.06. The van der Waals surface area contributed by atoms with Gasteiger partial charge in [-0.3, -0.25) is 0 Å². The second kappa shape index (κ2) is 5.01. The first-order chi connectivity index (χ1) is 8.22. The minimum absolute atomic E-state index is 0.338. The summed E-state index contributed by atoms with van der Waals surface area (Å²) in [6.07, 6.45) is 1.56. The molecule has 0 saturated heterocycles. The van der Waals surface area contributed by atoms with E-state index in [0.717, 1.165) is 5.69 Å². The van der Waals surface area contributed by atoms with E-state index in [4.69, 9.17) is 16.3 Å². The molecule has 1 aromatic carbocycles. The summed E-state index contributed by atoms with van der Waals surface area (Å²) in [5.41, 5.74) is 1.16. The van der Waals surface area contributed by atoms with E-state index >= 15 is 0 Å². The first kappa shape index (κ1) is 11.7. The van der Waals surface area contributed by atoms with E-state index in [0.29, 0.717) is 17.3 Å². The number of benzene rings is 1. The number of ether oxygens (including phenoxy) is 1. The molecule has 1 aromatic heterocycles. The largest absolute Gasteiger partial charge is 0.461 e. The Kier molecular flexibility index (Phi) is 3.44. The van der Waals surface area contributed by atoms with Gasteiger partial charge >= 0.3 is 5.97 Å². The molecule has 1 heterocycles. The lowest BCUT2D eigenvalue weighted by atomic mass is 10.3. The van der Waals surface area contributed by atoms with Crippen molar-refractivity contribution in [2.24, 2.45) is 0 Å². The zero-order chi connectivity index (χ0) is 12.3. The molecule has 2 rings (SSSR count). The van der Waals surface area contributed by atoms with Crippen molar-refractivity contribution in [2.45, 2.75) is 6.92 Å². The second-order valence-corrected chi connectivity index (χ2v) is 3.76. The van der Waals surface area contributed by atoms with Crippen molar-refractivity contribution in [2.75, 3.05) is 6.61 Å². The number of rotatable bonds is 3.